The van der Waals surface area contributed by atoms with E-state index in [1.165, 1.54) is 43.9 Å². The van der Waals surface area contributed by atoms with Crippen molar-refractivity contribution in [2.45, 2.75) is 38.3 Å². The summed E-state index contributed by atoms with van der Waals surface area (Å²) >= 11 is 1.41. The highest BCUT2D eigenvalue weighted by Crippen LogP contribution is 2.38. The van der Waals surface area contributed by atoms with Gasteiger partial charge in [-0.3, -0.25) is 4.90 Å². The molecule has 100 valence electrons. The van der Waals surface area contributed by atoms with Gasteiger partial charge in [0.1, 0.15) is 0 Å². The van der Waals surface area contributed by atoms with Crippen LogP contribution in [0.25, 0.3) is 0 Å². The van der Waals surface area contributed by atoms with Crippen LogP contribution in [-0.2, 0) is 0 Å². The molecule has 0 aliphatic carbocycles. The molecule has 6 heteroatoms. The smallest absolute Gasteiger partial charge is 0.197 e. The molecule has 0 bridgehead atoms. The van der Waals surface area contributed by atoms with Crippen LogP contribution in [0.5, 0.6) is 5.75 Å². The Morgan fingerprint density at radius 2 is 2.39 bits per heavy atom. The fourth-order valence-electron chi connectivity index (χ4n) is 3.09. The van der Waals surface area contributed by atoms with Crippen molar-refractivity contribution in [3.05, 3.63) is 0 Å². The first-order valence-electron chi connectivity index (χ1n) is 6.68. The minimum absolute atomic E-state index is 0.505. The Bertz CT molecular complexity index is 422. The molecule has 2 atom stereocenters. The minimum Gasteiger partial charge on any atom is -0.487 e. The minimum atomic E-state index is 0.505. The Hall–Kier alpha value is -1.01. The van der Waals surface area contributed by atoms with Gasteiger partial charge in [-0.1, -0.05) is 0 Å². The predicted octanol–water partition coefficient (Wildman–Crippen LogP) is 1.77. The fraction of sp³-hybridized carbons (Fsp3) is 0.750. The van der Waals surface area contributed by atoms with Gasteiger partial charge in [0.05, 0.1) is 6.61 Å². The van der Waals surface area contributed by atoms with Crippen LogP contribution in [0.15, 0.2) is 0 Å². The van der Waals surface area contributed by atoms with Gasteiger partial charge in [-0.15, -0.1) is 0 Å². The number of anilines is 2. The molecule has 0 aromatic carbocycles. The molecule has 18 heavy (non-hydrogen) atoms. The van der Waals surface area contributed by atoms with Crippen molar-refractivity contribution < 1.29 is 4.74 Å². The van der Waals surface area contributed by atoms with Gasteiger partial charge >= 0.3 is 0 Å². The van der Waals surface area contributed by atoms with E-state index < -0.39 is 0 Å². The Kier molecular flexibility index (Phi) is 3.30. The number of nitrogen functional groups attached to an aromatic ring is 1. The number of fused-ring (bicyclic) bond motifs is 1. The number of hydrogen-bond acceptors (Lipinski definition) is 6. The number of nitrogens with zero attached hydrogens (tertiary/aromatic N) is 2. The van der Waals surface area contributed by atoms with Gasteiger partial charge in [-0.25, -0.2) is 0 Å². The molecule has 1 aromatic heterocycles. The molecule has 2 saturated heterocycles. The summed E-state index contributed by atoms with van der Waals surface area (Å²) in [6.45, 7) is 5.05. The molecule has 1 aromatic rings. The summed E-state index contributed by atoms with van der Waals surface area (Å²) in [7, 11) is 0. The van der Waals surface area contributed by atoms with Gasteiger partial charge in [0.25, 0.3) is 0 Å². The van der Waals surface area contributed by atoms with Crippen LogP contribution in [0.2, 0.25) is 0 Å². The van der Waals surface area contributed by atoms with Gasteiger partial charge < -0.3 is 15.8 Å². The van der Waals surface area contributed by atoms with Crippen LogP contribution in [0, 0.1) is 0 Å². The van der Waals surface area contributed by atoms with E-state index in [1.54, 1.807) is 0 Å². The lowest BCUT2D eigenvalue weighted by Crippen LogP contribution is -2.33. The summed E-state index contributed by atoms with van der Waals surface area (Å²) in [5.41, 5.74) is 5.83. The van der Waals surface area contributed by atoms with E-state index in [1.807, 2.05) is 6.92 Å². The molecular weight excluding hydrogens is 248 g/mol. The SMILES string of the molecule is CCOc1c(N)nsc1NC1CCN2CCCC12. The number of nitrogens with two attached hydrogens (primary N) is 1. The highest BCUT2D eigenvalue weighted by atomic mass is 32.1. The highest BCUT2D eigenvalue weighted by molar-refractivity contribution is 7.11. The summed E-state index contributed by atoms with van der Waals surface area (Å²) in [4.78, 5) is 2.59. The number of hydrogen-bond donors (Lipinski definition) is 2. The van der Waals surface area contributed by atoms with Gasteiger partial charge in [0.15, 0.2) is 16.6 Å². The third-order valence-electron chi connectivity index (χ3n) is 3.89. The van der Waals surface area contributed by atoms with E-state index in [0.717, 1.165) is 10.8 Å². The monoisotopic (exact) mass is 268 g/mol. The van der Waals surface area contributed by atoms with Gasteiger partial charge in [0, 0.05) is 18.6 Å². The summed E-state index contributed by atoms with van der Waals surface area (Å²) in [6.07, 6.45) is 3.83. The zero-order valence-corrected chi connectivity index (χ0v) is 11.5. The average Bonchev–Trinajstić information content (AvgIpc) is 3.02. The molecule has 2 unspecified atom stereocenters. The van der Waals surface area contributed by atoms with Crippen LogP contribution in [-0.4, -0.2) is 41.1 Å². The standard InChI is InChI=1S/C12H20N4OS/c1-2-17-10-11(13)15-18-12(10)14-8-5-7-16-6-3-4-9(8)16/h8-9,14H,2-7H2,1H3,(H2,13,15). The Labute approximate surface area is 111 Å². The first-order valence-corrected chi connectivity index (χ1v) is 7.45. The predicted molar refractivity (Wildman–Crippen MR) is 74.3 cm³/mol. The van der Waals surface area contributed by atoms with Gasteiger partial charge in [-0.05, 0) is 44.3 Å². The van der Waals surface area contributed by atoms with Crippen LogP contribution >= 0.6 is 11.5 Å². The fourth-order valence-corrected chi connectivity index (χ4v) is 3.81. The number of aromatic nitrogens is 1. The van der Waals surface area contributed by atoms with Crippen LogP contribution in [0.4, 0.5) is 10.8 Å². The molecule has 0 saturated carbocycles. The van der Waals surface area contributed by atoms with Crippen LogP contribution in [0.1, 0.15) is 26.2 Å². The average molecular weight is 268 g/mol. The zero-order valence-electron chi connectivity index (χ0n) is 10.7. The Morgan fingerprint density at radius 3 is 3.22 bits per heavy atom. The number of nitrogens with one attached hydrogen (secondary N) is 1. The van der Waals surface area contributed by atoms with E-state index in [0.29, 0.717) is 24.5 Å². The van der Waals surface area contributed by atoms with Crippen molar-refractivity contribution in [2.75, 3.05) is 30.7 Å². The topological polar surface area (TPSA) is 63.4 Å². The van der Waals surface area contributed by atoms with Crippen molar-refractivity contribution in [3.63, 3.8) is 0 Å². The second-order valence-corrected chi connectivity index (χ2v) is 5.72. The van der Waals surface area contributed by atoms with E-state index in [2.05, 4.69) is 14.6 Å². The normalized spacial score (nSPS) is 27.4. The third kappa shape index (κ3) is 2.03. The van der Waals surface area contributed by atoms with Crippen LogP contribution in [0.3, 0.4) is 0 Å². The molecule has 2 aliphatic heterocycles. The second kappa shape index (κ2) is 4.93. The first-order chi connectivity index (χ1) is 8.79. The van der Waals surface area contributed by atoms with E-state index in [-0.39, 0.29) is 0 Å². The molecule has 3 N–H and O–H groups in total. The molecule has 0 amide bonds. The summed E-state index contributed by atoms with van der Waals surface area (Å²) in [5.74, 6) is 1.24. The van der Waals surface area contributed by atoms with Crippen molar-refractivity contribution in [1.82, 2.24) is 9.27 Å². The third-order valence-corrected chi connectivity index (χ3v) is 4.66. The largest absolute Gasteiger partial charge is 0.487 e. The molecule has 0 spiro atoms. The maximum Gasteiger partial charge on any atom is 0.197 e. The summed E-state index contributed by atoms with van der Waals surface area (Å²) in [5, 5.41) is 4.59. The van der Waals surface area contributed by atoms with Crippen molar-refractivity contribution in [3.8, 4) is 5.75 Å². The molecule has 3 heterocycles. The molecule has 0 radical (unpaired) electrons. The molecule has 2 aliphatic rings. The van der Waals surface area contributed by atoms with Crippen LogP contribution < -0.4 is 15.8 Å². The van der Waals surface area contributed by atoms with Crippen molar-refractivity contribution in [2.24, 2.45) is 0 Å². The quantitative estimate of drug-likeness (QED) is 0.871. The van der Waals surface area contributed by atoms with E-state index in [4.69, 9.17) is 10.5 Å². The summed E-state index contributed by atoms with van der Waals surface area (Å²) in [6, 6.07) is 1.20. The Morgan fingerprint density at radius 1 is 1.50 bits per heavy atom. The zero-order chi connectivity index (χ0) is 12.5. The maximum atomic E-state index is 5.83. The van der Waals surface area contributed by atoms with Gasteiger partial charge in [0.2, 0.25) is 0 Å². The van der Waals surface area contributed by atoms with Crippen molar-refractivity contribution in [1.29, 1.82) is 0 Å². The lowest BCUT2D eigenvalue weighted by atomic mass is 10.1. The number of rotatable bonds is 4. The molecule has 2 fully saturated rings. The molecule has 5 nitrogen and oxygen atoms in total. The second-order valence-electron chi connectivity index (χ2n) is 4.94. The maximum absolute atomic E-state index is 5.83. The van der Waals surface area contributed by atoms with E-state index in [9.17, 15) is 0 Å². The van der Waals surface area contributed by atoms with Gasteiger partial charge in [-0.2, -0.15) is 4.37 Å². The molecule has 3 rings (SSSR count). The number of ether oxygens (including phenoxy) is 1. The highest BCUT2D eigenvalue weighted by Gasteiger charge is 2.37. The first kappa shape index (κ1) is 12.0. The molecular formula is C12H20N4OS. The Balaban J connectivity index is 1.72. The summed E-state index contributed by atoms with van der Waals surface area (Å²) < 4.78 is 9.76. The lowest BCUT2D eigenvalue weighted by molar-refractivity contribution is 0.317. The van der Waals surface area contributed by atoms with Crippen molar-refractivity contribution >= 4 is 22.4 Å². The lowest BCUT2D eigenvalue weighted by Gasteiger charge is -2.21. The van der Waals surface area contributed by atoms with E-state index >= 15 is 0 Å².